The predicted octanol–water partition coefficient (Wildman–Crippen LogP) is 2.35. The molecule has 0 bridgehead atoms. The molecular weight excluding hydrogens is 294 g/mol. The van der Waals surface area contributed by atoms with Crippen molar-refractivity contribution in [2.75, 3.05) is 13.7 Å². The monoisotopic (exact) mass is 311 g/mol. The Kier molecular flexibility index (Phi) is 7.50. The molecule has 0 heterocycles. The number of carbonyl (C=O) groups excluding carboxylic acids is 1. The molecule has 0 saturated carbocycles. The minimum absolute atomic E-state index is 0.319. The van der Waals surface area contributed by atoms with Gasteiger partial charge in [-0.25, -0.2) is 4.79 Å². The van der Waals surface area contributed by atoms with Crippen molar-refractivity contribution >= 4 is 29.6 Å². The fourth-order valence-electron chi connectivity index (χ4n) is 1.69. The Bertz CT molecular complexity index is 516. The Morgan fingerprint density at radius 3 is 2.86 bits per heavy atom. The maximum Gasteiger partial charge on any atom is 0.326 e. The standard InChI is InChI=1S/C15H18ClNO4/c1-21-9-3-6-13(15(19)20)17-14(18)8-7-11-4-2-5-12(16)10-11/h2,4-5,7-8,10,13H,3,6,9H2,1H3,(H,17,18)(H,19,20)/b8-7+. The Balaban J connectivity index is 2.55. The third-order valence-electron chi connectivity index (χ3n) is 2.73. The van der Waals surface area contributed by atoms with Gasteiger partial charge in [0, 0.05) is 24.8 Å². The molecule has 1 amide bonds. The second-order valence-corrected chi connectivity index (χ2v) is 4.86. The molecule has 0 spiro atoms. The largest absolute Gasteiger partial charge is 0.480 e. The highest BCUT2D eigenvalue weighted by molar-refractivity contribution is 6.30. The van der Waals surface area contributed by atoms with Crippen LogP contribution in [0.4, 0.5) is 0 Å². The molecule has 2 N–H and O–H groups in total. The zero-order valence-corrected chi connectivity index (χ0v) is 12.5. The lowest BCUT2D eigenvalue weighted by atomic mass is 10.1. The van der Waals surface area contributed by atoms with Crippen molar-refractivity contribution in [2.24, 2.45) is 0 Å². The number of methoxy groups -OCH3 is 1. The van der Waals surface area contributed by atoms with E-state index in [2.05, 4.69) is 5.32 Å². The number of nitrogens with one attached hydrogen (secondary N) is 1. The molecule has 0 radical (unpaired) electrons. The van der Waals surface area contributed by atoms with Gasteiger partial charge in [0.05, 0.1) is 0 Å². The van der Waals surface area contributed by atoms with Crippen LogP contribution in [0.1, 0.15) is 18.4 Å². The number of carboxylic acid groups (broad SMARTS) is 1. The minimum atomic E-state index is -1.06. The quantitative estimate of drug-likeness (QED) is 0.571. The van der Waals surface area contributed by atoms with Gasteiger partial charge in [0.2, 0.25) is 5.91 Å². The number of benzene rings is 1. The lowest BCUT2D eigenvalue weighted by Gasteiger charge is -2.12. The van der Waals surface area contributed by atoms with Gasteiger partial charge in [0.1, 0.15) is 6.04 Å². The first-order valence-corrected chi connectivity index (χ1v) is 6.86. The lowest BCUT2D eigenvalue weighted by Crippen LogP contribution is -2.40. The van der Waals surface area contributed by atoms with Gasteiger partial charge in [-0.2, -0.15) is 0 Å². The predicted molar refractivity (Wildman–Crippen MR) is 81.2 cm³/mol. The minimum Gasteiger partial charge on any atom is -0.480 e. The average Bonchev–Trinajstić information content (AvgIpc) is 2.44. The van der Waals surface area contributed by atoms with Gasteiger partial charge in [0.25, 0.3) is 0 Å². The Morgan fingerprint density at radius 2 is 2.24 bits per heavy atom. The summed E-state index contributed by atoms with van der Waals surface area (Å²) in [4.78, 5) is 22.8. The molecule has 6 heteroatoms. The Hall–Kier alpha value is -1.85. The van der Waals surface area contributed by atoms with Gasteiger partial charge in [-0.15, -0.1) is 0 Å². The summed E-state index contributed by atoms with van der Waals surface area (Å²) in [5.41, 5.74) is 0.768. The molecule has 5 nitrogen and oxygen atoms in total. The van der Waals surface area contributed by atoms with Crippen LogP contribution in [-0.2, 0) is 14.3 Å². The molecule has 1 rings (SSSR count). The maximum absolute atomic E-state index is 11.7. The molecule has 0 fully saturated rings. The van der Waals surface area contributed by atoms with Crippen molar-refractivity contribution < 1.29 is 19.4 Å². The third kappa shape index (κ3) is 6.92. The number of amides is 1. The SMILES string of the molecule is COCCCC(NC(=O)/C=C/c1cccc(Cl)c1)C(=O)O. The van der Waals surface area contributed by atoms with Crippen LogP contribution in [0.15, 0.2) is 30.3 Å². The van der Waals surface area contributed by atoms with E-state index in [0.717, 1.165) is 5.56 Å². The summed E-state index contributed by atoms with van der Waals surface area (Å²) in [6, 6.07) is 6.08. The van der Waals surface area contributed by atoms with Gasteiger partial charge in [-0.05, 0) is 36.6 Å². The highest BCUT2D eigenvalue weighted by atomic mass is 35.5. The summed E-state index contributed by atoms with van der Waals surface area (Å²) >= 11 is 5.83. The van der Waals surface area contributed by atoms with Crippen molar-refractivity contribution in [3.05, 3.63) is 40.9 Å². The molecule has 0 saturated heterocycles. The number of hydrogen-bond acceptors (Lipinski definition) is 3. The number of ether oxygens (including phenoxy) is 1. The summed E-state index contributed by atoms with van der Waals surface area (Å²) in [5, 5.41) is 12.1. The first kappa shape index (κ1) is 17.2. The molecule has 1 aromatic carbocycles. The molecule has 1 unspecified atom stereocenters. The van der Waals surface area contributed by atoms with Crippen LogP contribution in [0.3, 0.4) is 0 Å². The summed E-state index contributed by atoms with van der Waals surface area (Å²) in [6.45, 7) is 0.456. The van der Waals surface area contributed by atoms with Gasteiger partial charge in [-0.3, -0.25) is 4.79 Å². The van der Waals surface area contributed by atoms with Crippen LogP contribution < -0.4 is 5.32 Å². The highest BCUT2D eigenvalue weighted by Crippen LogP contribution is 2.11. The first-order valence-electron chi connectivity index (χ1n) is 6.49. The number of rotatable bonds is 8. The Labute approximate surface area is 128 Å². The van der Waals surface area contributed by atoms with Crippen molar-refractivity contribution in [3.8, 4) is 0 Å². The highest BCUT2D eigenvalue weighted by Gasteiger charge is 2.18. The lowest BCUT2D eigenvalue weighted by molar-refractivity contribution is -0.141. The topological polar surface area (TPSA) is 75.6 Å². The van der Waals surface area contributed by atoms with E-state index in [9.17, 15) is 9.59 Å². The summed E-state index contributed by atoms with van der Waals surface area (Å²) in [5.74, 6) is -1.52. The molecule has 0 aromatic heterocycles. The van der Waals surface area contributed by atoms with E-state index < -0.39 is 17.9 Å². The number of carbonyl (C=O) groups is 2. The van der Waals surface area contributed by atoms with E-state index in [1.165, 1.54) is 6.08 Å². The first-order chi connectivity index (χ1) is 10.0. The fourth-order valence-corrected chi connectivity index (χ4v) is 1.89. The molecule has 21 heavy (non-hydrogen) atoms. The molecule has 0 aliphatic rings. The molecule has 0 aliphatic heterocycles. The number of hydrogen-bond donors (Lipinski definition) is 2. The molecule has 1 aromatic rings. The third-order valence-corrected chi connectivity index (χ3v) is 2.97. The van der Waals surface area contributed by atoms with Gasteiger partial charge in [-0.1, -0.05) is 23.7 Å². The van der Waals surface area contributed by atoms with Crippen molar-refractivity contribution in [3.63, 3.8) is 0 Å². The number of aliphatic carboxylic acids is 1. The van der Waals surface area contributed by atoms with E-state index in [1.807, 2.05) is 0 Å². The summed E-state index contributed by atoms with van der Waals surface area (Å²) in [7, 11) is 1.54. The smallest absolute Gasteiger partial charge is 0.326 e. The normalized spacial score (nSPS) is 12.3. The van der Waals surface area contributed by atoms with Crippen LogP contribution in [0, 0.1) is 0 Å². The van der Waals surface area contributed by atoms with E-state index >= 15 is 0 Å². The second kappa shape index (κ2) is 9.15. The van der Waals surface area contributed by atoms with Crippen molar-refractivity contribution in [1.29, 1.82) is 0 Å². The van der Waals surface area contributed by atoms with Crippen LogP contribution in [-0.4, -0.2) is 36.7 Å². The maximum atomic E-state index is 11.7. The van der Waals surface area contributed by atoms with E-state index in [-0.39, 0.29) is 0 Å². The van der Waals surface area contributed by atoms with Crippen molar-refractivity contribution in [1.82, 2.24) is 5.32 Å². The average molecular weight is 312 g/mol. The zero-order chi connectivity index (χ0) is 15.7. The number of carboxylic acids is 1. The molecular formula is C15H18ClNO4. The zero-order valence-electron chi connectivity index (χ0n) is 11.7. The van der Waals surface area contributed by atoms with E-state index in [4.69, 9.17) is 21.4 Å². The van der Waals surface area contributed by atoms with Gasteiger partial charge < -0.3 is 15.2 Å². The summed E-state index contributed by atoms with van der Waals surface area (Å²) in [6.07, 6.45) is 3.75. The van der Waals surface area contributed by atoms with E-state index in [1.54, 1.807) is 37.5 Å². The van der Waals surface area contributed by atoms with Gasteiger partial charge >= 0.3 is 5.97 Å². The van der Waals surface area contributed by atoms with Crippen molar-refractivity contribution in [2.45, 2.75) is 18.9 Å². The van der Waals surface area contributed by atoms with Crippen LogP contribution in [0.2, 0.25) is 5.02 Å². The second-order valence-electron chi connectivity index (χ2n) is 4.42. The number of halogens is 1. The van der Waals surface area contributed by atoms with E-state index in [0.29, 0.717) is 24.5 Å². The Morgan fingerprint density at radius 1 is 1.48 bits per heavy atom. The fraction of sp³-hybridized carbons (Fsp3) is 0.333. The van der Waals surface area contributed by atoms with Crippen LogP contribution >= 0.6 is 11.6 Å². The molecule has 114 valence electrons. The van der Waals surface area contributed by atoms with Crippen LogP contribution in [0.5, 0.6) is 0 Å². The summed E-state index contributed by atoms with van der Waals surface area (Å²) < 4.78 is 4.86. The van der Waals surface area contributed by atoms with Crippen LogP contribution in [0.25, 0.3) is 6.08 Å². The molecule has 0 aliphatic carbocycles. The molecule has 1 atom stereocenters. The van der Waals surface area contributed by atoms with Gasteiger partial charge in [0.15, 0.2) is 0 Å².